The number of nitrogens with one attached hydrogen (secondary N) is 2. The van der Waals surface area contributed by atoms with Crippen LogP contribution in [0.5, 0.6) is 5.75 Å². The van der Waals surface area contributed by atoms with E-state index in [1.165, 1.54) is 32.2 Å². The fraction of sp³-hybridized carbons (Fsp3) is 0.350. The van der Waals surface area contributed by atoms with Gasteiger partial charge in [-0.2, -0.15) is 0 Å². The lowest BCUT2D eigenvalue weighted by Gasteiger charge is -2.17. The third-order valence-corrected chi connectivity index (χ3v) is 5.56. The number of benzene rings is 1. The van der Waals surface area contributed by atoms with E-state index >= 15 is 0 Å². The summed E-state index contributed by atoms with van der Waals surface area (Å²) in [4.78, 5) is 27.5. The van der Waals surface area contributed by atoms with Crippen molar-refractivity contribution in [3.8, 4) is 5.75 Å². The van der Waals surface area contributed by atoms with Gasteiger partial charge in [-0.05, 0) is 43.2 Å². The topological polar surface area (TPSA) is 124 Å². The van der Waals surface area contributed by atoms with E-state index in [-0.39, 0.29) is 36.1 Å². The predicted molar refractivity (Wildman–Crippen MR) is 111 cm³/mol. The Kier molecular flexibility index (Phi) is 8.31. The molecule has 2 N–H and O–H groups in total. The standard InChI is InChI=1S/C20H25N3O6S/c1-4-29-20(25)16(10-15-6-5-9-21-12-15)13-22-30(26,27)19-11-17(23-14(2)24)7-8-18(19)28-3/h5-9,11-12,16,22H,4,10,13H2,1-3H3,(H,23,24). The molecule has 1 unspecified atom stereocenters. The molecule has 0 aliphatic carbocycles. The molecule has 1 amide bonds. The quantitative estimate of drug-likeness (QED) is 0.545. The van der Waals surface area contributed by atoms with Crippen LogP contribution >= 0.6 is 0 Å². The van der Waals surface area contributed by atoms with Crippen LogP contribution in [0.4, 0.5) is 5.69 Å². The van der Waals surface area contributed by atoms with Crippen LogP contribution in [0.3, 0.4) is 0 Å². The summed E-state index contributed by atoms with van der Waals surface area (Å²) < 4.78 is 38.5. The number of esters is 1. The van der Waals surface area contributed by atoms with Gasteiger partial charge in [0, 0.05) is 31.5 Å². The van der Waals surface area contributed by atoms with Crippen molar-refractivity contribution in [1.82, 2.24) is 9.71 Å². The SMILES string of the molecule is CCOC(=O)C(CNS(=O)(=O)c1cc(NC(C)=O)ccc1OC)Cc1cccnc1. The van der Waals surface area contributed by atoms with Crippen LogP contribution in [0, 0.1) is 5.92 Å². The molecule has 2 rings (SSSR count). The number of ether oxygens (including phenoxy) is 2. The number of hydrogen-bond acceptors (Lipinski definition) is 7. The molecule has 0 radical (unpaired) electrons. The zero-order valence-corrected chi connectivity index (χ0v) is 17.9. The number of hydrogen-bond donors (Lipinski definition) is 2. The first-order valence-corrected chi connectivity index (χ1v) is 10.8. The molecule has 162 valence electrons. The van der Waals surface area contributed by atoms with E-state index in [4.69, 9.17) is 9.47 Å². The molecular weight excluding hydrogens is 410 g/mol. The number of sulfonamides is 1. The number of carbonyl (C=O) groups excluding carboxylic acids is 2. The Labute approximate surface area is 175 Å². The van der Waals surface area contributed by atoms with Gasteiger partial charge in [-0.25, -0.2) is 13.1 Å². The van der Waals surface area contributed by atoms with Gasteiger partial charge in [-0.15, -0.1) is 0 Å². The summed E-state index contributed by atoms with van der Waals surface area (Å²) in [5.74, 6) is -1.48. The van der Waals surface area contributed by atoms with Crippen molar-refractivity contribution in [2.75, 3.05) is 25.6 Å². The Morgan fingerprint density at radius 1 is 1.23 bits per heavy atom. The van der Waals surface area contributed by atoms with Gasteiger partial charge >= 0.3 is 5.97 Å². The zero-order valence-electron chi connectivity index (χ0n) is 17.0. The number of amides is 1. The zero-order chi connectivity index (χ0) is 22.1. The van der Waals surface area contributed by atoms with E-state index in [0.717, 1.165) is 5.56 Å². The molecule has 0 saturated carbocycles. The average molecular weight is 436 g/mol. The molecule has 1 aromatic carbocycles. The van der Waals surface area contributed by atoms with Crippen LogP contribution in [0.15, 0.2) is 47.6 Å². The van der Waals surface area contributed by atoms with Gasteiger partial charge in [-0.1, -0.05) is 6.07 Å². The number of carbonyl (C=O) groups is 2. The van der Waals surface area contributed by atoms with Crippen LogP contribution in [0.25, 0.3) is 0 Å². The van der Waals surface area contributed by atoms with Crippen LogP contribution < -0.4 is 14.8 Å². The van der Waals surface area contributed by atoms with Gasteiger partial charge in [0.1, 0.15) is 10.6 Å². The van der Waals surface area contributed by atoms with Crippen LogP contribution in [0.1, 0.15) is 19.4 Å². The van der Waals surface area contributed by atoms with E-state index in [0.29, 0.717) is 5.69 Å². The first-order chi connectivity index (χ1) is 14.3. The second-order valence-electron chi connectivity index (χ2n) is 6.41. The van der Waals surface area contributed by atoms with Crippen molar-refractivity contribution < 1.29 is 27.5 Å². The lowest BCUT2D eigenvalue weighted by atomic mass is 10.0. The number of pyridine rings is 1. The van der Waals surface area contributed by atoms with Crippen molar-refractivity contribution in [1.29, 1.82) is 0 Å². The van der Waals surface area contributed by atoms with Gasteiger partial charge in [0.05, 0.1) is 19.6 Å². The van der Waals surface area contributed by atoms with Crippen LogP contribution in [0.2, 0.25) is 0 Å². The van der Waals surface area contributed by atoms with Gasteiger partial charge < -0.3 is 14.8 Å². The van der Waals surface area contributed by atoms with Crippen molar-refractivity contribution >= 4 is 27.6 Å². The molecule has 0 aliphatic heterocycles. The second kappa shape index (κ2) is 10.7. The van der Waals surface area contributed by atoms with E-state index < -0.39 is 21.9 Å². The molecule has 2 aromatic rings. The molecule has 30 heavy (non-hydrogen) atoms. The number of rotatable bonds is 10. The predicted octanol–water partition coefficient (Wildman–Crippen LogP) is 1.75. The summed E-state index contributed by atoms with van der Waals surface area (Å²) >= 11 is 0. The van der Waals surface area contributed by atoms with E-state index in [1.54, 1.807) is 31.5 Å². The molecule has 0 spiro atoms. The fourth-order valence-corrected chi connectivity index (χ4v) is 4.03. The maximum atomic E-state index is 12.9. The minimum atomic E-state index is -4.05. The molecule has 1 atom stereocenters. The highest BCUT2D eigenvalue weighted by atomic mass is 32.2. The first kappa shape index (κ1) is 23.3. The number of methoxy groups -OCH3 is 1. The Morgan fingerprint density at radius 3 is 2.60 bits per heavy atom. The van der Waals surface area contributed by atoms with E-state index in [9.17, 15) is 18.0 Å². The molecule has 1 heterocycles. The monoisotopic (exact) mass is 435 g/mol. The summed E-state index contributed by atoms with van der Waals surface area (Å²) in [6, 6.07) is 7.80. The number of anilines is 1. The number of aromatic nitrogens is 1. The molecule has 0 aliphatic rings. The molecule has 1 aromatic heterocycles. The minimum Gasteiger partial charge on any atom is -0.495 e. The summed E-state index contributed by atoms with van der Waals surface area (Å²) in [6.07, 6.45) is 3.48. The van der Waals surface area contributed by atoms with Gasteiger partial charge in [0.25, 0.3) is 0 Å². The van der Waals surface area contributed by atoms with Crippen molar-refractivity contribution in [3.05, 3.63) is 48.3 Å². The van der Waals surface area contributed by atoms with E-state index in [2.05, 4.69) is 15.0 Å². The first-order valence-electron chi connectivity index (χ1n) is 9.27. The maximum Gasteiger partial charge on any atom is 0.310 e. The number of nitrogens with zero attached hydrogens (tertiary/aromatic N) is 1. The highest BCUT2D eigenvalue weighted by Crippen LogP contribution is 2.27. The molecular formula is C20H25N3O6S. The molecule has 0 saturated heterocycles. The van der Waals surface area contributed by atoms with Gasteiger partial charge in [0.2, 0.25) is 15.9 Å². The minimum absolute atomic E-state index is 0.108. The maximum absolute atomic E-state index is 12.9. The third kappa shape index (κ3) is 6.53. The fourth-order valence-electron chi connectivity index (χ4n) is 2.76. The smallest absolute Gasteiger partial charge is 0.310 e. The lowest BCUT2D eigenvalue weighted by Crippen LogP contribution is -2.35. The normalized spacial score (nSPS) is 12.1. The Morgan fingerprint density at radius 2 is 2.00 bits per heavy atom. The van der Waals surface area contributed by atoms with Crippen LogP contribution in [-0.2, 0) is 30.8 Å². The summed E-state index contributed by atoms with van der Waals surface area (Å²) in [5, 5.41) is 2.53. The Balaban J connectivity index is 2.24. The van der Waals surface area contributed by atoms with E-state index in [1.807, 2.05) is 0 Å². The van der Waals surface area contributed by atoms with Crippen LogP contribution in [-0.4, -0.2) is 45.5 Å². The average Bonchev–Trinajstić information content (AvgIpc) is 2.71. The summed E-state index contributed by atoms with van der Waals surface area (Å²) in [5.41, 5.74) is 1.08. The third-order valence-electron chi connectivity index (χ3n) is 4.12. The Hall–Kier alpha value is -2.98. The highest BCUT2D eigenvalue weighted by molar-refractivity contribution is 7.89. The molecule has 10 heteroatoms. The van der Waals surface area contributed by atoms with Gasteiger partial charge in [-0.3, -0.25) is 14.6 Å². The van der Waals surface area contributed by atoms with Crippen molar-refractivity contribution in [2.45, 2.75) is 25.2 Å². The second-order valence-corrected chi connectivity index (χ2v) is 8.15. The van der Waals surface area contributed by atoms with Gasteiger partial charge in [0.15, 0.2) is 0 Å². The molecule has 0 fully saturated rings. The van der Waals surface area contributed by atoms with Crippen molar-refractivity contribution in [3.63, 3.8) is 0 Å². The largest absolute Gasteiger partial charge is 0.495 e. The Bertz CT molecular complexity index is 979. The highest BCUT2D eigenvalue weighted by Gasteiger charge is 2.26. The lowest BCUT2D eigenvalue weighted by molar-refractivity contribution is -0.147. The summed E-state index contributed by atoms with van der Waals surface area (Å²) in [7, 11) is -2.70. The summed E-state index contributed by atoms with van der Waals surface area (Å²) in [6.45, 7) is 3.01. The molecule has 9 nitrogen and oxygen atoms in total. The van der Waals surface area contributed by atoms with Crippen molar-refractivity contribution in [2.24, 2.45) is 5.92 Å². The molecule has 0 bridgehead atoms.